The van der Waals surface area contributed by atoms with Crippen LogP contribution in [0.25, 0.3) is 0 Å². The molecule has 1 saturated heterocycles. The molecule has 0 aromatic rings. The fourth-order valence-corrected chi connectivity index (χ4v) is 1.87. The molecule has 0 bridgehead atoms. The predicted molar refractivity (Wildman–Crippen MR) is 83.8 cm³/mol. The second-order valence-corrected chi connectivity index (χ2v) is 5.20. The van der Waals surface area contributed by atoms with E-state index in [-0.39, 0.29) is 13.2 Å². The fraction of sp³-hybridized carbons (Fsp3) is 0.933. The number of carbonyl (C=O) groups is 1. The molecule has 0 radical (unpaired) electrons. The van der Waals surface area contributed by atoms with E-state index in [2.05, 4.69) is 0 Å². The second kappa shape index (κ2) is 13.5. The van der Waals surface area contributed by atoms with Gasteiger partial charge in [0.15, 0.2) is 5.54 Å². The number of methoxy groups -OCH3 is 1. The number of nitrogens with two attached hydrogens (primary N) is 1. The largest absolute Gasteiger partial charge is 0.468 e. The quantitative estimate of drug-likeness (QED) is 0.593. The summed E-state index contributed by atoms with van der Waals surface area (Å²) in [4.78, 5) is 11.8. The van der Waals surface area contributed by atoms with Crippen LogP contribution in [0, 0.1) is 0 Å². The topological polar surface area (TPSA) is 108 Å². The van der Waals surface area contributed by atoms with Crippen LogP contribution in [0.15, 0.2) is 0 Å². The summed E-state index contributed by atoms with van der Waals surface area (Å²) in [7, 11) is 1.28. The summed E-state index contributed by atoms with van der Waals surface area (Å²) in [6.45, 7) is 4.24. The lowest BCUT2D eigenvalue weighted by Gasteiger charge is -2.26. The Morgan fingerprint density at radius 2 is 1.00 bits per heavy atom. The zero-order valence-corrected chi connectivity index (χ0v) is 14.3. The van der Waals surface area contributed by atoms with Crippen molar-refractivity contribution >= 4 is 5.97 Å². The fourth-order valence-electron chi connectivity index (χ4n) is 1.87. The molecule has 1 rings (SSSR count). The number of carbonyl (C=O) groups excluding carboxylic acids is 1. The van der Waals surface area contributed by atoms with E-state index < -0.39 is 11.5 Å². The molecule has 1 fully saturated rings. The number of ether oxygens (including phenoxy) is 7. The third-order valence-electron chi connectivity index (χ3n) is 3.17. The predicted octanol–water partition coefficient (Wildman–Crippen LogP) is -1.03. The lowest BCUT2D eigenvalue weighted by atomic mass is 10.0. The van der Waals surface area contributed by atoms with Gasteiger partial charge in [-0.3, -0.25) is 0 Å². The highest BCUT2D eigenvalue weighted by Gasteiger charge is 2.36. The van der Waals surface area contributed by atoms with Gasteiger partial charge in [0.1, 0.15) is 0 Å². The van der Waals surface area contributed by atoms with E-state index >= 15 is 0 Å². The molecule has 1 heterocycles. The van der Waals surface area contributed by atoms with Crippen LogP contribution in [0.3, 0.4) is 0 Å². The molecule has 0 spiro atoms. The highest BCUT2D eigenvalue weighted by atomic mass is 16.6. The van der Waals surface area contributed by atoms with Gasteiger partial charge in [-0.2, -0.15) is 0 Å². The van der Waals surface area contributed by atoms with Crippen LogP contribution in [-0.4, -0.2) is 97.9 Å². The molecule has 142 valence electrons. The van der Waals surface area contributed by atoms with Gasteiger partial charge in [0.25, 0.3) is 0 Å². The molecule has 0 aromatic heterocycles. The maximum atomic E-state index is 11.8. The van der Waals surface area contributed by atoms with E-state index in [1.807, 2.05) is 0 Å². The molecular formula is C15H29NO8. The van der Waals surface area contributed by atoms with Crippen LogP contribution in [0.2, 0.25) is 0 Å². The SMILES string of the molecule is COC(=O)C1(N)COCCOCCOCCOCCOCCOC1. The molecule has 1 aliphatic rings. The van der Waals surface area contributed by atoms with Crippen LogP contribution in [0.5, 0.6) is 0 Å². The molecule has 1 aliphatic heterocycles. The van der Waals surface area contributed by atoms with Crippen LogP contribution >= 0.6 is 0 Å². The van der Waals surface area contributed by atoms with E-state index in [0.29, 0.717) is 66.1 Å². The first kappa shape index (κ1) is 21.2. The molecule has 0 aliphatic carbocycles. The van der Waals surface area contributed by atoms with Crippen molar-refractivity contribution in [2.75, 3.05) is 86.4 Å². The van der Waals surface area contributed by atoms with Crippen molar-refractivity contribution in [2.45, 2.75) is 5.54 Å². The smallest absolute Gasteiger partial charge is 0.330 e. The normalized spacial score (nSPS) is 23.4. The third-order valence-corrected chi connectivity index (χ3v) is 3.17. The molecule has 0 atom stereocenters. The minimum absolute atomic E-state index is 0.0196. The van der Waals surface area contributed by atoms with Gasteiger partial charge in [-0.1, -0.05) is 0 Å². The van der Waals surface area contributed by atoms with Gasteiger partial charge in [0.2, 0.25) is 0 Å². The summed E-state index contributed by atoms with van der Waals surface area (Å²) < 4.78 is 37.0. The van der Waals surface area contributed by atoms with E-state index in [4.69, 9.17) is 38.9 Å². The Kier molecular flexibility index (Phi) is 11.9. The maximum Gasteiger partial charge on any atom is 0.330 e. The van der Waals surface area contributed by atoms with Crippen molar-refractivity contribution in [1.29, 1.82) is 0 Å². The summed E-state index contributed by atoms with van der Waals surface area (Å²) in [6, 6.07) is 0. The lowest BCUT2D eigenvalue weighted by Crippen LogP contribution is -2.56. The first-order valence-electron chi connectivity index (χ1n) is 8.03. The van der Waals surface area contributed by atoms with Crippen LogP contribution < -0.4 is 5.73 Å². The Hall–Kier alpha value is -0.810. The first-order chi connectivity index (χ1) is 11.7. The van der Waals surface area contributed by atoms with Gasteiger partial charge in [-0.15, -0.1) is 0 Å². The van der Waals surface area contributed by atoms with Gasteiger partial charge < -0.3 is 38.9 Å². The van der Waals surface area contributed by atoms with Crippen molar-refractivity contribution in [1.82, 2.24) is 0 Å². The molecule has 0 unspecified atom stereocenters. The molecule has 24 heavy (non-hydrogen) atoms. The minimum Gasteiger partial charge on any atom is -0.468 e. The van der Waals surface area contributed by atoms with Crippen LogP contribution in [0.1, 0.15) is 0 Å². The van der Waals surface area contributed by atoms with Crippen molar-refractivity contribution in [3.8, 4) is 0 Å². The molecule has 9 nitrogen and oxygen atoms in total. The third kappa shape index (κ3) is 9.48. The number of hydrogen-bond acceptors (Lipinski definition) is 9. The standard InChI is InChI=1S/C15H29NO8/c1-18-14(17)15(16)12-23-10-8-21-6-4-19-2-3-20-5-7-22-9-11-24-13-15/h2-13,16H2,1H3. The van der Waals surface area contributed by atoms with Crippen molar-refractivity contribution < 1.29 is 38.0 Å². The van der Waals surface area contributed by atoms with E-state index in [0.717, 1.165) is 0 Å². The zero-order valence-electron chi connectivity index (χ0n) is 14.3. The average molecular weight is 351 g/mol. The van der Waals surface area contributed by atoms with Gasteiger partial charge in [-0.05, 0) is 0 Å². The Bertz CT molecular complexity index is 309. The summed E-state index contributed by atoms with van der Waals surface area (Å²) in [5.74, 6) is -0.586. The van der Waals surface area contributed by atoms with Gasteiger partial charge >= 0.3 is 5.97 Å². The maximum absolute atomic E-state index is 11.8. The van der Waals surface area contributed by atoms with Crippen molar-refractivity contribution in [3.63, 3.8) is 0 Å². The van der Waals surface area contributed by atoms with Crippen molar-refractivity contribution in [2.24, 2.45) is 5.73 Å². The first-order valence-corrected chi connectivity index (χ1v) is 8.03. The van der Waals surface area contributed by atoms with Crippen LogP contribution in [0.4, 0.5) is 0 Å². The molecular weight excluding hydrogens is 322 g/mol. The number of rotatable bonds is 1. The Morgan fingerprint density at radius 3 is 1.29 bits per heavy atom. The summed E-state index contributed by atoms with van der Waals surface area (Å²) in [5, 5.41) is 0. The van der Waals surface area contributed by atoms with Crippen LogP contribution in [-0.2, 0) is 38.0 Å². The van der Waals surface area contributed by atoms with Gasteiger partial charge in [0.05, 0.1) is 86.4 Å². The Labute approximate surface area is 142 Å². The average Bonchev–Trinajstić information content (AvgIpc) is 2.59. The van der Waals surface area contributed by atoms with E-state index in [9.17, 15) is 4.79 Å². The number of hydrogen-bond donors (Lipinski definition) is 1. The van der Waals surface area contributed by atoms with Gasteiger partial charge in [-0.25, -0.2) is 4.79 Å². The molecule has 9 heteroatoms. The highest BCUT2D eigenvalue weighted by molar-refractivity contribution is 5.80. The minimum atomic E-state index is -1.36. The molecule has 0 saturated carbocycles. The molecule has 2 N–H and O–H groups in total. The van der Waals surface area contributed by atoms with Gasteiger partial charge in [0, 0.05) is 0 Å². The summed E-state index contributed by atoms with van der Waals surface area (Å²) >= 11 is 0. The lowest BCUT2D eigenvalue weighted by molar-refractivity contribution is -0.153. The molecule has 0 amide bonds. The van der Waals surface area contributed by atoms with E-state index in [1.165, 1.54) is 7.11 Å². The second-order valence-electron chi connectivity index (χ2n) is 5.20. The van der Waals surface area contributed by atoms with E-state index in [1.54, 1.807) is 0 Å². The Morgan fingerprint density at radius 1 is 0.708 bits per heavy atom. The number of esters is 1. The highest BCUT2D eigenvalue weighted by Crippen LogP contribution is 2.06. The monoisotopic (exact) mass is 351 g/mol. The zero-order chi connectivity index (χ0) is 17.5. The summed E-state index contributed by atoms with van der Waals surface area (Å²) in [5.41, 5.74) is 4.68. The summed E-state index contributed by atoms with van der Waals surface area (Å²) in [6.07, 6.45) is 0. The Balaban J connectivity index is 2.39. The molecule has 0 aromatic carbocycles. The van der Waals surface area contributed by atoms with Crippen molar-refractivity contribution in [3.05, 3.63) is 0 Å².